The van der Waals surface area contributed by atoms with Crippen molar-refractivity contribution in [3.05, 3.63) is 96.2 Å². The molecule has 0 aliphatic heterocycles. The van der Waals surface area contributed by atoms with E-state index in [2.05, 4.69) is 20.8 Å². The summed E-state index contributed by atoms with van der Waals surface area (Å²) < 4.78 is 10.4. The molecule has 0 spiro atoms. The zero-order chi connectivity index (χ0) is 24.6. The molecule has 4 aromatic rings. The van der Waals surface area contributed by atoms with E-state index in [-0.39, 0.29) is 11.5 Å². The number of hydrogen-bond acceptors (Lipinski definition) is 6. The van der Waals surface area contributed by atoms with E-state index in [1.807, 2.05) is 30.3 Å². The predicted octanol–water partition coefficient (Wildman–Crippen LogP) is 4.13. The van der Waals surface area contributed by atoms with Crippen LogP contribution >= 0.6 is 0 Å². The fraction of sp³-hybridized carbons (Fsp3) is 0.0769. The fourth-order valence-corrected chi connectivity index (χ4v) is 3.32. The molecule has 176 valence electrons. The normalized spacial score (nSPS) is 10.3. The van der Waals surface area contributed by atoms with E-state index in [0.29, 0.717) is 28.4 Å². The van der Waals surface area contributed by atoms with Gasteiger partial charge in [0, 0.05) is 16.8 Å². The first kappa shape index (κ1) is 23.2. The van der Waals surface area contributed by atoms with Gasteiger partial charge < -0.3 is 20.1 Å². The van der Waals surface area contributed by atoms with Crippen LogP contribution in [0.25, 0.3) is 11.3 Å². The van der Waals surface area contributed by atoms with Gasteiger partial charge in [0.15, 0.2) is 6.61 Å². The largest absolute Gasteiger partial charge is 0.495 e. The molecule has 9 heteroatoms. The number of carbonyl (C=O) groups is 3. The number of esters is 1. The average molecular weight is 470 g/mol. The van der Waals surface area contributed by atoms with Crippen LogP contribution in [0, 0.1) is 0 Å². The maximum absolute atomic E-state index is 12.5. The quantitative estimate of drug-likeness (QED) is 0.333. The highest BCUT2D eigenvalue weighted by Gasteiger charge is 2.18. The Bertz CT molecular complexity index is 1330. The summed E-state index contributed by atoms with van der Waals surface area (Å²) in [6.45, 7) is -0.478. The minimum Gasteiger partial charge on any atom is -0.495 e. The third-order valence-corrected chi connectivity index (χ3v) is 5.04. The lowest BCUT2D eigenvalue weighted by Gasteiger charge is -2.10. The summed E-state index contributed by atoms with van der Waals surface area (Å²) in [6.07, 6.45) is 1.36. The van der Waals surface area contributed by atoms with Gasteiger partial charge in [-0.1, -0.05) is 42.5 Å². The van der Waals surface area contributed by atoms with Crippen molar-refractivity contribution in [3.8, 4) is 17.0 Å². The monoisotopic (exact) mass is 470 g/mol. The number of methoxy groups -OCH3 is 1. The third kappa shape index (κ3) is 5.72. The molecule has 0 aliphatic rings. The molecule has 0 atom stereocenters. The lowest BCUT2D eigenvalue weighted by molar-refractivity contribution is -0.119. The standard InChI is InChI=1S/C26H22N4O5/c1-34-22-10-6-5-9-21(22)29-25(32)18-11-13-19(14-12-18)28-23(31)16-35-26(33)20-15-27-30-24(20)17-7-3-2-4-8-17/h2-15H,16H2,1H3,(H,27,30)(H,28,31)(H,29,32). The predicted molar refractivity (Wildman–Crippen MR) is 130 cm³/mol. The number of carbonyl (C=O) groups excluding carboxylic acids is 3. The number of anilines is 2. The van der Waals surface area contributed by atoms with Gasteiger partial charge in [-0.25, -0.2) is 4.79 Å². The highest BCUT2D eigenvalue weighted by molar-refractivity contribution is 6.05. The summed E-state index contributed by atoms with van der Waals surface area (Å²) in [5.41, 5.74) is 2.91. The summed E-state index contributed by atoms with van der Waals surface area (Å²) in [5.74, 6) is -0.966. The molecule has 9 nitrogen and oxygen atoms in total. The van der Waals surface area contributed by atoms with Crippen LogP contribution in [0.15, 0.2) is 85.1 Å². The number of aromatic amines is 1. The van der Waals surface area contributed by atoms with Crippen molar-refractivity contribution in [1.29, 1.82) is 0 Å². The second kappa shape index (κ2) is 10.8. The van der Waals surface area contributed by atoms with Crippen molar-refractivity contribution in [2.24, 2.45) is 0 Å². The number of aromatic nitrogens is 2. The van der Waals surface area contributed by atoms with E-state index in [1.165, 1.54) is 13.3 Å². The molecule has 0 unspecified atom stereocenters. The maximum atomic E-state index is 12.5. The zero-order valence-electron chi connectivity index (χ0n) is 18.8. The van der Waals surface area contributed by atoms with Crippen LogP contribution in [-0.4, -0.2) is 41.7 Å². The van der Waals surface area contributed by atoms with Crippen molar-refractivity contribution < 1.29 is 23.9 Å². The molecule has 2 amide bonds. The molecule has 0 radical (unpaired) electrons. The minimum absolute atomic E-state index is 0.231. The lowest BCUT2D eigenvalue weighted by atomic mass is 10.1. The first-order chi connectivity index (χ1) is 17.0. The Morgan fingerprint density at radius 1 is 0.886 bits per heavy atom. The molecule has 3 N–H and O–H groups in total. The molecule has 1 heterocycles. The maximum Gasteiger partial charge on any atom is 0.342 e. The van der Waals surface area contributed by atoms with Crippen LogP contribution < -0.4 is 15.4 Å². The van der Waals surface area contributed by atoms with Gasteiger partial charge in [0.25, 0.3) is 11.8 Å². The number of nitrogens with one attached hydrogen (secondary N) is 3. The number of para-hydroxylation sites is 2. The number of ether oxygens (including phenoxy) is 2. The first-order valence-corrected chi connectivity index (χ1v) is 10.7. The third-order valence-electron chi connectivity index (χ3n) is 5.04. The minimum atomic E-state index is -0.670. The van der Waals surface area contributed by atoms with E-state index < -0.39 is 18.5 Å². The molecular formula is C26H22N4O5. The Morgan fingerprint density at radius 3 is 2.34 bits per heavy atom. The summed E-state index contributed by atoms with van der Waals surface area (Å²) >= 11 is 0. The van der Waals surface area contributed by atoms with Gasteiger partial charge in [0.1, 0.15) is 11.3 Å². The topological polar surface area (TPSA) is 122 Å². The van der Waals surface area contributed by atoms with E-state index in [9.17, 15) is 14.4 Å². The van der Waals surface area contributed by atoms with Crippen LogP contribution in [0.3, 0.4) is 0 Å². The Morgan fingerprint density at radius 2 is 1.60 bits per heavy atom. The molecule has 0 aliphatic carbocycles. The summed E-state index contributed by atoms with van der Waals surface area (Å²) in [6, 6.07) is 22.6. The van der Waals surface area contributed by atoms with Crippen LogP contribution in [-0.2, 0) is 9.53 Å². The smallest absolute Gasteiger partial charge is 0.342 e. The van der Waals surface area contributed by atoms with E-state index in [1.54, 1.807) is 48.5 Å². The van der Waals surface area contributed by atoms with Gasteiger partial charge in [-0.2, -0.15) is 5.10 Å². The van der Waals surface area contributed by atoms with Crippen molar-refractivity contribution in [2.45, 2.75) is 0 Å². The molecule has 3 aromatic carbocycles. The van der Waals surface area contributed by atoms with Crippen molar-refractivity contribution in [2.75, 3.05) is 24.4 Å². The van der Waals surface area contributed by atoms with Crippen molar-refractivity contribution >= 4 is 29.2 Å². The van der Waals surface area contributed by atoms with Gasteiger partial charge in [0.05, 0.1) is 24.7 Å². The van der Waals surface area contributed by atoms with Crippen molar-refractivity contribution in [3.63, 3.8) is 0 Å². The summed E-state index contributed by atoms with van der Waals surface area (Å²) in [5, 5.41) is 12.1. The van der Waals surface area contributed by atoms with Gasteiger partial charge in [-0.05, 0) is 36.4 Å². The molecule has 0 bridgehead atoms. The van der Waals surface area contributed by atoms with E-state index in [0.717, 1.165) is 5.56 Å². The van der Waals surface area contributed by atoms with Crippen LogP contribution in [0.5, 0.6) is 5.75 Å². The zero-order valence-corrected chi connectivity index (χ0v) is 18.8. The Balaban J connectivity index is 1.31. The fourth-order valence-electron chi connectivity index (χ4n) is 3.32. The molecule has 1 aromatic heterocycles. The van der Waals surface area contributed by atoms with Crippen LogP contribution in [0.1, 0.15) is 20.7 Å². The molecule has 35 heavy (non-hydrogen) atoms. The highest BCUT2D eigenvalue weighted by atomic mass is 16.5. The molecule has 0 saturated heterocycles. The van der Waals surface area contributed by atoms with Gasteiger partial charge >= 0.3 is 5.97 Å². The average Bonchev–Trinajstić information content (AvgIpc) is 3.39. The second-order valence-corrected chi connectivity index (χ2v) is 7.38. The first-order valence-electron chi connectivity index (χ1n) is 10.7. The Kier molecular flexibility index (Phi) is 7.17. The Labute approximate surface area is 201 Å². The molecule has 0 fully saturated rings. The number of H-pyrrole nitrogens is 1. The SMILES string of the molecule is COc1ccccc1NC(=O)c1ccc(NC(=O)COC(=O)c2cn[nH]c2-c2ccccc2)cc1. The number of rotatable bonds is 8. The number of benzene rings is 3. The summed E-state index contributed by atoms with van der Waals surface area (Å²) in [4.78, 5) is 37.2. The number of amides is 2. The van der Waals surface area contributed by atoms with Crippen LogP contribution in [0.4, 0.5) is 11.4 Å². The van der Waals surface area contributed by atoms with Crippen molar-refractivity contribution in [1.82, 2.24) is 10.2 Å². The summed E-state index contributed by atoms with van der Waals surface area (Å²) in [7, 11) is 1.52. The molecule has 0 saturated carbocycles. The molecular weight excluding hydrogens is 448 g/mol. The highest BCUT2D eigenvalue weighted by Crippen LogP contribution is 2.24. The van der Waals surface area contributed by atoms with Crippen LogP contribution in [0.2, 0.25) is 0 Å². The van der Waals surface area contributed by atoms with Gasteiger partial charge in [-0.15, -0.1) is 0 Å². The van der Waals surface area contributed by atoms with Gasteiger partial charge in [-0.3, -0.25) is 14.7 Å². The lowest BCUT2D eigenvalue weighted by Crippen LogP contribution is -2.21. The second-order valence-electron chi connectivity index (χ2n) is 7.38. The molecule has 4 rings (SSSR count). The number of nitrogens with zero attached hydrogens (tertiary/aromatic N) is 1. The van der Waals surface area contributed by atoms with Gasteiger partial charge in [0.2, 0.25) is 0 Å². The number of hydrogen-bond donors (Lipinski definition) is 3. The van der Waals surface area contributed by atoms with E-state index in [4.69, 9.17) is 9.47 Å². The van der Waals surface area contributed by atoms with E-state index >= 15 is 0 Å². The Hall–Kier alpha value is -4.92.